The predicted octanol–water partition coefficient (Wildman–Crippen LogP) is 2.92. The van der Waals surface area contributed by atoms with Crippen LogP contribution in [0.25, 0.3) is 10.9 Å². The van der Waals surface area contributed by atoms with Crippen molar-refractivity contribution in [2.24, 2.45) is 0 Å². The minimum atomic E-state index is -4.25. The predicted molar refractivity (Wildman–Crippen MR) is 118 cm³/mol. The Kier molecular flexibility index (Phi) is 5.83. The summed E-state index contributed by atoms with van der Waals surface area (Å²) in [6, 6.07) is 7.94. The fourth-order valence-electron chi connectivity index (χ4n) is 3.92. The Labute approximate surface area is 189 Å². The van der Waals surface area contributed by atoms with E-state index in [4.69, 9.17) is 0 Å². The summed E-state index contributed by atoms with van der Waals surface area (Å²) >= 11 is 0. The lowest BCUT2D eigenvalue weighted by molar-refractivity contribution is -0.122. The number of fused-ring (bicyclic) bond motifs is 3. The number of aromatic nitrogens is 1. The lowest BCUT2D eigenvalue weighted by atomic mass is 10.1. The maximum atomic E-state index is 13.5. The molecule has 3 aromatic rings. The van der Waals surface area contributed by atoms with Crippen molar-refractivity contribution in [2.75, 3.05) is 11.3 Å². The van der Waals surface area contributed by atoms with E-state index in [1.165, 1.54) is 12.1 Å². The van der Waals surface area contributed by atoms with Crippen LogP contribution < -0.4 is 15.4 Å². The van der Waals surface area contributed by atoms with E-state index in [2.05, 4.69) is 15.4 Å². The highest BCUT2D eigenvalue weighted by molar-refractivity contribution is 7.92. The molecule has 33 heavy (non-hydrogen) atoms. The molecule has 1 aliphatic heterocycles. The first-order valence-electron chi connectivity index (χ1n) is 10.2. The monoisotopic (exact) mass is 476 g/mol. The second-order valence-electron chi connectivity index (χ2n) is 8.17. The summed E-state index contributed by atoms with van der Waals surface area (Å²) in [4.78, 5) is 24.2. The molecule has 0 aliphatic carbocycles. The van der Waals surface area contributed by atoms with E-state index in [0.29, 0.717) is 22.7 Å². The highest BCUT2D eigenvalue weighted by Crippen LogP contribution is 2.31. The van der Waals surface area contributed by atoms with Gasteiger partial charge in [-0.3, -0.25) is 14.3 Å². The lowest BCUT2D eigenvalue weighted by Crippen LogP contribution is -2.41. The number of nitrogens with one attached hydrogen (secondary N) is 3. The molecule has 8 nitrogen and oxygen atoms in total. The molecule has 0 bridgehead atoms. The quantitative estimate of drug-likeness (QED) is 0.508. The zero-order valence-corrected chi connectivity index (χ0v) is 18.7. The van der Waals surface area contributed by atoms with Gasteiger partial charge in [0.1, 0.15) is 17.3 Å². The molecule has 1 unspecified atom stereocenters. The van der Waals surface area contributed by atoms with Gasteiger partial charge in [0.15, 0.2) is 0 Å². The fourth-order valence-corrected chi connectivity index (χ4v) is 5.01. The second kappa shape index (κ2) is 8.47. The van der Waals surface area contributed by atoms with Crippen LogP contribution in [0.4, 0.5) is 14.5 Å². The third-order valence-corrected chi connectivity index (χ3v) is 6.56. The van der Waals surface area contributed by atoms with Crippen molar-refractivity contribution in [1.29, 1.82) is 0 Å². The molecule has 0 saturated heterocycles. The molecule has 0 fully saturated rings. The van der Waals surface area contributed by atoms with Gasteiger partial charge in [-0.2, -0.15) is 0 Å². The van der Waals surface area contributed by atoms with Crippen LogP contribution in [0, 0.1) is 11.6 Å². The number of carbonyl (C=O) groups is 2. The first kappa shape index (κ1) is 22.7. The zero-order valence-electron chi connectivity index (χ0n) is 17.9. The van der Waals surface area contributed by atoms with E-state index < -0.39 is 26.6 Å². The molecule has 1 aliphatic rings. The van der Waals surface area contributed by atoms with Gasteiger partial charge in [-0.1, -0.05) is 0 Å². The van der Waals surface area contributed by atoms with E-state index >= 15 is 0 Å². The summed E-state index contributed by atoms with van der Waals surface area (Å²) in [6.45, 7) is 4.00. The van der Waals surface area contributed by atoms with Gasteiger partial charge < -0.3 is 15.2 Å². The van der Waals surface area contributed by atoms with E-state index in [0.717, 1.165) is 12.1 Å². The van der Waals surface area contributed by atoms with Crippen LogP contribution >= 0.6 is 0 Å². The summed E-state index contributed by atoms with van der Waals surface area (Å²) in [6.07, 6.45) is 0.161. The Morgan fingerprint density at radius 2 is 1.85 bits per heavy atom. The molecule has 1 atom stereocenters. The molecular weight excluding hydrogens is 454 g/mol. The number of halogens is 2. The number of hydrogen-bond acceptors (Lipinski definition) is 4. The van der Waals surface area contributed by atoms with Crippen molar-refractivity contribution >= 4 is 38.4 Å². The average molecular weight is 477 g/mol. The number of sulfonamides is 1. The van der Waals surface area contributed by atoms with Crippen molar-refractivity contribution in [1.82, 2.24) is 15.2 Å². The van der Waals surface area contributed by atoms with Crippen LogP contribution in [0.15, 0.2) is 47.4 Å². The Hall–Kier alpha value is -3.47. The molecule has 2 heterocycles. The maximum Gasteiger partial charge on any atom is 0.268 e. The molecule has 2 amide bonds. The Bertz CT molecular complexity index is 1350. The summed E-state index contributed by atoms with van der Waals surface area (Å²) in [5.74, 6) is -2.47. The minimum absolute atomic E-state index is 0.0151. The summed E-state index contributed by atoms with van der Waals surface area (Å²) in [5, 5.41) is 6.18. The fraction of sp³-hybridized carbons (Fsp3) is 0.273. The average Bonchev–Trinajstić information content (AvgIpc) is 3.08. The van der Waals surface area contributed by atoms with Gasteiger partial charge in [-0.15, -0.1) is 0 Å². The second-order valence-corrected chi connectivity index (χ2v) is 9.86. The van der Waals surface area contributed by atoms with Crippen LogP contribution in [0.5, 0.6) is 0 Å². The molecule has 0 radical (unpaired) electrons. The molecule has 11 heteroatoms. The number of anilines is 1. The van der Waals surface area contributed by atoms with Crippen LogP contribution in [-0.4, -0.2) is 37.4 Å². The zero-order chi connectivity index (χ0) is 23.9. The molecule has 0 saturated carbocycles. The number of rotatable bonds is 6. The minimum Gasteiger partial charge on any atom is -0.354 e. The van der Waals surface area contributed by atoms with E-state index in [1.54, 1.807) is 16.7 Å². The van der Waals surface area contributed by atoms with Gasteiger partial charge in [0.25, 0.3) is 15.9 Å². The van der Waals surface area contributed by atoms with Gasteiger partial charge >= 0.3 is 0 Å². The van der Waals surface area contributed by atoms with Crippen LogP contribution in [0.1, 0.15) is 36.8 Å². The number of hydrogen-bond donors (Lipinski definition) is 3. The first-order valence-corrected chi connectivity index (χ1v) is 11.7. The molecule has 2 aromatic carbocycles. The van der Waals surface area contributed by atoms with Gasteiger partial charge in [0.2, 0.25) is 5.91 Å². The number of benzene rings is 2. The molecule has 1 aromatic heterocycles. The Morgan fingerprint density at radius 3 is 2.52 bits per heavy atom. The largest absolute Gasteiger partial charge is 0.354 e. The topological polar surface area (TPSA) is 109 Å². The molecule has 0 spiro atoms. The first-order chi connectivity index (χ1) is 15.5. The van der Waals surface area contributed by atoms with E-state index in [1.807, 2.05) is 13.8 Å². The highest BCUT2D eigenvalue weighted by Gasteiger charge is 2.29. The Morgan fingerprint density at radius 1 is 1.15 bits per heavy atom. The van der Waals surface area contributed by atoms with Crippen LogP contribution in [-0.2, 0) is 14.8 Å². The third kappa shape index (κ3) is 4.68. The number of carbonyl (C=O) groups excluding carboxylic acids is 2. The molecule has 4 rings (SSSR count). The third-order valence-electron chi connectivity index (χ3n) is 5.20. The standard InChI is InChI=1S/C22H22F2N4O4S/c1-12(2)26-21(29)10-17-11-25-22(30)20-6-13-5-16(3-4-19(13)28(17)20)27-33(31,32)18-8-14(23)7-15(24)9-18/h3-9,12,17,27H,10-11H2,1-2H3,(H,25,30)(H,26,29). The lowest BCUT2D eigenvalue weighted by Gasteiger charge is -2.27. The van der Waals surface area contributed by atoms with Crippen molar-refractivity contribution in [3.63, 3.8) is 0 Å². The van der Waals surface area contributed by atoms with Crippen molar-refractivity contribution < 1.29 is 26.8 Å². The van der Waals surface area contributed by atoms with E-state index in [-0.39, 0.29) is 42.6 Å². The number of nitrogens with zero attached hydrogens (tertiary/aromatic N) is 1. The summed E-state index contributed by atoms with van der Waals surface area (Å²) in [7, 11) is -4.25. The van der Waals surface area contributed by atoms with E-state index in [9.17, 15) is 26.8 Å². The number of amides is 2. The normalized spacial score (nSPS) is 15.9. The van der Waals surface area contributed by atoms with Gasteiger partial charge in [-0.05, 0) is 50.2 Å². The Balaban J connectivity index is 1.67. The van der Waals surface area contributed by atoms with Gasteiger partial charge in [0, 0.05) is 41.7 Å². The van der Waals surface area contributed by atoms with Gasteiger partial charge in [-0.25, -0.2) is 17.2 Å². The van der Waals surface area contributed by atoms with Crippen molar-refractivity contribution in [3.05, 3.63) is 59.8 Å². The van der Waals surface area contributed by atoms with Crippen LogP contribution in [0.2, 0.25) is 0 Å². The maximum absolute atomic E-state index is 13.5. The summed E-state index contributed by atoms with van der Waals surface area (Å²) < 4.78 is 56.2. The summed E-state index contributed by atoms with van der Waals surface area (Å²) in [5.41, 5.74) is 1.16. The highest BCUT2D eigenvalue weighted by atomic mass is 32.2. The molecule has 174 valence electrons. The van der Waals surface area contributed by atoms with Crippen LogP contribution in [0.3, 0.4) is 0 Å². The van der Waals surface area contributed by atoms with Crippen molar-refractivity contribution in [2.45, 2.75) is 37.2 Å². The smallest absolute Gasteiger partial charge is 0.268 e. The SMILES string of the molecule is CC(C)NC(=O)CC1CNC(=O)c2cc3cc(NS(=O)(=O)c4cc(F)cc(F)c4)ccc3n21. The van der Waals surface area contributed by atoms with Crippen molar-refractivity contribution in [3.8, 4) is 0 Å². The van der Waals surface area contributed by atoms with Gasteiger partial charge in [0.05, 0.1) is 10.9 Å². The molecule has 3 N–H and O–H groups in total. The molecular formula is C22H22F2N4O4S.